The Morgan fingerprint density at radius 2 is 2.25 bits per heavy atom. The number of amides is 1. The van der Waals surface area contributed by atoms with Crippen molar-refractivity contribution in [1.82, 2.24) is 25.0 Å². The summed E-state index contributed by atoms with van der Waals surface area (Å²) in [5.41, 5.74) is 0. The van der Waals surface area contributed by atoms with Crippen LogP contribution >= 0.6 is 0 Å². The summed E-state index contributed by atoms with van der Waals surface area (Å²) < 4.78 is 1.91. The van der Waals surface area contributed by atoms with Gasteiger partial charge in [0, 0.05) is 20.1 Å². The number of likely N-dealkylation sites (N-methyl/N-ethyl adjacent to an activating group) is 1. The third kappa shape index (κ3) is 2.57. The second kappa shape index (κ2) is 5.07. The first-order valence-electron chi connectivity index (χ1n) is 5.56. The van der Waals surface area contributed by atoms with Gasteiger partial charge >= 0.3 is 0 Å². The molecule has 6 nitrogen and oxygen atoms in total. The maximum atomic E-state index is 11.2. The van der Waals surface area contributed by atoms with Gasteiger partial charge in [-0.05, 0) is 12.8 Å². The van der Waals surface area contributed by atoms with E-state index in [0.29, 0.717) is 12.6 Å². The molecule has 6 heteroatoms. The molecule has 0 atom stereocenters. The molecule has 1 N–H and O–H groups in total. The van der Waals surface area contributed by atoms with Gasteiger partial charge in [-0.25, -0.2) is 9.67 Å². The van der Waals surface area contributed by atoms with Crippen LogP contribution < -0.4 is 5.32 Å². The quantitative estimate of drug-likeness (QED) is 0.761. The Labute approximate surface area is 94.6 Å². The molecule has 2 rings (SSSR count). The third-order valence-corrected chi connectivity index (χ3v) is 3.01. The van der Waals surface area contributed by atoms with Gasteiger partial charge in [0.1, 0.15) is 12.7 Å². The molecule has 1 saturated heterocycles. The fourth-order valence-corrected chi connectivity index (χ4v) is 2.03. The van der Waals surface area contributed by atoms with Crippen LogP contribution in [0.3, 0.4) is 0 Å². The van der Waals surface area contributed by atoms with Crippen molar-refractivity contribution in [2.75, 3.05) is 26.7 Å². The number of rotatable bonds is 3. The van der Waals surface area contributed by atoms with E-state index in [4.69, 9.17) is 0 Å². The van der Waals surface area contributed by atoms with E-state index in [9.17, 15) is 4.79 Å². The standard InChI is InChI=1S/C10H17N5O/c1-11-10(16)6-14-4-2-9(3-5-14)15-8-12-7-13-15/h7-9H,2-6H2,1H3,(H,11,16). The Balaban J connectivity index is 1.81. The molecule has 0 aliphatic carbocycles. The third-order valence-electron chi connectivity index (χ3n) is 3.01. The first-order valence-corrected chi connectivity index (χ1v) is 5.56. The zero-order chi connectivity index (χ0) is 11.4. The summed E-state index contributed by atoms with van der Waals surface area (Å²) in [4.78, 5) is 17.3. The summed E-state index contributed by atoms with van der Waals surface area (Å²) in [5.74, 6) is 0.0826. The Hall–Kier alpha value is -1.43. The van der Waals surface area contributed by atoms with Gasteiger partial charge in [-0.3, -0.25) is 9.69 Å². The number of aromatic nitrogens is 3. The van der Waals surface area contributed by atoms with E-state index in [1.165, 1.54) is 0 Å². The van der Waals surface area contributed by atoms with E-state index >= 15 is 0 Å². The lowest BCUT2D eigenvalue weighted by atomic mass is 10.1. The molecular weight excluding hydrogens is 206 g/mol. The van der Waals surface area contributed by atoms with Crippen molar-refractivity contribution >= 4 is 5.91 Å². The number of piperidine rings is 1. The first kappa shape index (κ1) is 11.1. The van der Waals surface area contributed by atoms with Crippen LogP contribution in [0.5, 0.6) is 0 Å². The summed E-state index contributed by atoms with van der Waals surface area (Å²) in [5, 5.41) is 6.79. The van der Waals surface area contributed by atoms with Crippen LogP contribution in [-0.2, 0) is 4.79 Å². The molecule has 1 aliphatic rings. The van der Waals surface area contributed by atoms with Crippen molar-refractivity contribution < 1.29 is 4.79 Å². The molecule has 0 radical (unpaired) electrons. The highest BCUT2D eigenvalue weighted by Gasteiger charge is 2.21. The van der Waals surface area contributed by atoms with Crippen LogP contribution in [0, 0.1) is 0 Å². The molecule has 1 aromatic rings. The second-order valence-corrected chi connectivity index (χ2v) is 4.06. The highest BCUT2D eigenvalue weighted by atomic mass is 16.1. The number of nitrogens with zero attached hydrogens (tertiary/aromatic N) is 4. The van der Waals surface area contributed by atoms with Crippen molar-refractivity contribution in [3.8, 4) is 0 Å². The van der Waals surface area contributed by atoms with Crippen LogP contribution in [0.15, 0.2) is 12.7 Å². The molecule has 0 spiro atoms. The average Bonchev–Trinajstić information content (AvgIpc) is 2.83. The monoisotopic (exact) mass is 223 g/mol. The summed E-state index contributed by atoms with van der Waals surface area (Å²) in [6.45, 7) is 2.39. The SMILES string of the molecule is CNC(=O)CN1CCC(n2cncn2)CC1. The second-order valence-electron chi connectivity index (χ2n) is 4.06. The molecule has 0 aromatic carbocycles. The van der Waals surface area contributed by atoms with Crippen LogP contribution in [-0.4, -0.2) is 52.3 Å². The van der Waals surface area contributed by atoms with Crippen LogP contribution in [0.2, 0.25) is 0 Å². The minimum Gasteiger partial charge on any atom is -0.358 e. The van der Waals surface area contributed by atoms with Gasteiger partial charge in [-0.15, -0.1) is 0 Å². The highest BCUT2D eigenvalue weighted by Crippen LogP contribution is 2.20. The molecule has 1 aromatic heterocycles. The summed E-state index contributed by atoms with van der Waals surface area (Å²) in [7, 11) is 1.67. The lowest BCUT2D eigenvalue weighted by Crippen LogP contribution is -2.41. The predicted molar refractivity (Wildman–Crippen MR) is 58.8 cm³/mol. The Morgan fingerprint density at radius 1 is 1.50 bits per heavy atom. The molecule has 1 fully saturated rings. The van der Waals surface area contributed by atoms with E-state index in [0.717, 1.165) is 25.9 Å². The van der Waals surface area contributed by atoms with Crippen molar-refractivity contribution in [2.24, 2.45) is 0 Å². The molecule has 2 heterocycles. The molecule has 1 amide bonds. The number of carbonyl (C=O) groups is 1. The van der Waals surface area contributed by atoms with Gasteiger partial charge in [0.05, 0.1) is 12.6 Å². The van der Waals surface area contributed by atoms with Gasteiger partial charge in [0.15, 0.2) is 0 Å². The largest absolute Gasteiger partial charge is 0.358 e. The maximum Gasteiger partial charge on any atom is 0.233 e. The topological polar surface area (TPSA) is 63.1 Å². The molecule has 16 heavy (non-hydrogen) atoms. The highest BCUT2D eigenvalue weighted by molar-refractivity contribution is 5.77. The summed E-state index contributed by atoms with van der Waals surface area (Å²) in [6.07, 6.45) is 5.39. The molecule has 1 aliphatic heterocycles. The average molecular weight is 223 g/mol. The van der Waals surface area contributed by atoms with Crippen LogP contribution in [0.1, 0.15) is 18.9 Å². The number of carbonyl (C=O) groups excluding carboxylic acids is 1. The number of hydrogen-bond donors (Lipinski definition) is 1. The van der Waals surface area contributed by atoms with E-state index in [1.54, 1.807) is 19.7 Å². The van der Waals surface area contributed by atoms with Gasteiger partial charge in [-0.2, -0.15) is 5.10 Å². The molecule has 0 bridgehead atoms. The molecule has 0 unspecified atom stereocenters. The molecule has 88 valence electrons. The first-order chi connectivity index (χ1) is 7.79. The smallest absolute Gasteiger partial charge is 0.233 e. The van der Waals surface area contributed by atoms with Gasteiger partial charge in [0.25, 0.3) is 0 Å². The Kier molecular flexibility index (Phi) is 3.51. The Morgan fingerprint density at radius 3 is 2.81 bits per heavy atom. The van der Waals surface area contributed by atoms with Crippen LogP contribution in [0.4, 0.5) is 0 Å². The van der Waals surface area contributed by atoms with E-state index in [2.05, 4.69) is 20.3 Å². The van der Waals surface area contributed by atoms with Gasteiger partial charge in [-0.1, -0.05) is 0 Å². The summed E-state index contributed by atoms with van der Waals surface area (Å²) >= 11 is 0. The number of nitrogens with one attached hydrogen (secondary N) is 1. The van der Waals surface area contributed by atoms with E-state index < -0.39 is 0 Å². The maximum absolute atomic E-state index is 11.2. The van der Waals surface area contributed by atoms with Crippen molar-refractivity contribution in [2.45, 2.75) is 18.9 Å². The lowest BCUT2D eigenvalue weighted by molar-refractivity contribution is -0.122. The zero-order valence-electron chi connectivity index (χ0n) is 9.46. The lowest BCUT2D eigenvalue weighted by Gasteiger charge is -2.31. The Bertz CT molecular complexity index is 329. The number of hydrogen-bond acceptors (Lipinski definition) is 4. The van der Waals surface area contributed by atoms with Gasteiger partial charge in [0.2, 0.25) is 5.91 Å². The zero-order valence-corrected chi connectivity index (χ0v) is 9.46. The normalized spacial score (nSPS) is 18.6. The van der Waals surface area contributed by atoms with Crippen molar-refractivity contribution in [3.63, 3.8) is 0 Å². The van der Waals surface area contributed by atoms with Crippen molar-refractivity contribution in [1.29, 1.82) is 0 Å². The fraction of sp³-hybridized carbons (Fsp3) is 0.700. The van der Waals surface area contributed by atoms with Crippen LogP contribution in [0.25, 0.3) is 0 Å². The van der Waals surface area contributed by atoms with Crippen molar-refractivity contribution in [3.05, 3.63) is 12.7 Å². The van der Waals surface area contributed by atoms with E-state index in [-0.39, 0.29) is 5.91 Å². The number of likely N-dealkylation sites (tertiary alicyclic amines) is 1. The van der Waals surface area contributed by atoms with Gasteiger partial charge < -0.3 is 5.32 Å². The minimum absolute atomic E-state index is 0.0826. The predicted octanol–water partition coefficient (Wildman–Crippen LogP) is -0.339. The summed E-state index contributed by atoms with van der Waals surface area (Å²) in [6, 6.07) is 0.434. The molecular formula is C10H17N5O. The van der Waals surface area contributed by atoms with E-state index in [1.807, 2.05) is 4.68 Å². The molecule has 0 saturated carbocycles. The fourth-order valence-electron chi connectivity index (χ4n) is 2.03. The minimum atomic E-state index is 0.0826.